The molecule has 21 heavy (non-hydrogen) atoms. The molecule has 1 aromatic rings. The van der Waals surface area contributed by atoms with Gasteiger partial charge in [-0.1, -0.05) is 0 Å². The second-order valence-corrected chi connectivity index (χ2v) is 9.19. The summed E-state index contributed by atoms with van der Waals surface area (Å²) < 4.78 is 52.5. The number of methoxy groups -OCH3 is 1. The molecule has 1 unspecified atom stereocenters. The van der Waals surface area contributed by atoms with Crippen LogP contribution in [0.2, 0.25) is 0 Å². The molecule has 0 amide bonds. The highest BCUT2D eigenvalue weighted by atomic mass is 32.2. The Kier molecular flexibility index (Phi) is 3.98. The number of carboxylic acids is 1. The number of sulfone groups is 2. The van der Waals surface area contributed by atoms with Crippen LogP contribution in [-0.2, 0) is 19.7 Å². The van der Waals surface area contributed by atoms with E-state index in [1.54, 1.807) is 0 Å². The van der Waals surface area contributed by atoms with Crippen molar-refractivity contribution in [3.63, 3.8) is 0 Å². The summed E-state index contributed by atoms with van der Waals surface area (Å²) >= 11 is 0. The molecule has 9 heteroatoms. The van der Waals surface area contributed by atoms with E-state index in [9.17, 15) is 21.6 Å². The molecule has 0 saturated carbocycles. The van der Waals surface area contributed by atoms with E-state index in [1.165, 1.54) is 19.2 Å². The summed E-state index contributed by atoms with van der Waals surface area (Å²) in [5, 5.41) is 8.03. The highest BCUT2D eigenvalue weighted by molar-refractivity contribution is 7.96. The average molecular weight is 334 g/mol. The Labute approximate surface area is 122 Å². The fourth-order valence-corrected chi connectivity index (χ4v) is 6.61. The van der Waals surface area contributed by atoms with Crippen molar-refractivity contribution in [2.75, 3.05) is 18.6 Å². The van der Waals surface area contributed by atoms with Crippen molar-refractivity contribution in [3.05, 3.63) is 23.8 Å². The van der Waals surface area contributed by atoms with Gasteiger partial charge in [0.25, 0.3) is 0 Å². The molecule has 1 aliphatic rings. The van der Waals surface area contributed by atoms with Crippen molar-refractivity contribution in [2.45, 2.75) is 16.6 Å². The molecule has 0 bridgehead atoms. The lowest BCUT2D eigenvalue weighted by atomic mass is 10.2. The largest absolute Gasteiger partial charge is 0.496 e. The molecule has 1 N–H and O–H groups in total. The summed E-state index contributed by atoms with van der Waals surface area (Å²) in [6.07, 6.45) is 0.0269. The smallest absolute Gasteiger partial charge is 0.339 e. The van der Waals surface area contributed by atoms with Gasteiger partial charge in [0, 0.05) is 0 Å². The van der Waals surface area contributed by atoms with Crippen LogP contribution in [0.15, 0.2) is 23.1 Å². The van der Waals surface area contributed by atoms with Gasteiger partial charge in [0.05, 0.1) is 28.8 Å². The zero-order chi connectivity index (χ0) is 15.8. The Morgan fingerprint density at radius 3 is 2.52 bits per heavy atom. The molecular formula is C12H14O7S2. The van der Waals surface area contributed by atoms with Gasteiger partial charge in [0.15, 0.2) is 19.7 Å². The standard InChI is InChI=1S/C12H14O7S2/c1-19-11-3-2-8(6-10(11)12(13)14)21(17,18)9-4-5-20(15,16)7-9/h2-3,6,9H,4-5,7H2,1H3,(H,13,14). The van der Waals surface area contributed by atoms with E-state index in [4.69, 9.17) is 9.84 Å². The van der Waals surface area contributed by atoms with E-state index < -0.39 is 36.6 Å². The van der Waals surface area contributed by atoms with Gasteiger partial charge in [-0.3, -0.25) is 0 Å². The molecule has 7 nitrogen and oxygen atoms in total. The zero-order valence-corrected chi connectivity index (χ0v) is 12.8. The summed E-state index contributed by atoms with van der Waals surface area (Å²) in [7, 11) is -5.96. The van der Waals surface area contributed by atoms with Crippen molar-refractivity contribution in [2.24, 2.45) is 0 Å². The molecule has 0 aromatic heterocycles. The van der Waals surface area contributed by atoms with Gasteiger partial charge in [-0.05, 0) is 24.6 Å². The summed E-state index contributed by atoms with van der Waals surface area (Å²) in [6.45, 7) is 0. The quantitative estimate of drug-likeness (QED) is 0.845. The van der Waals surface area contributed by atoms with E-state index >= 15 is 0 Å². The number of aromatic carboxylic acids is 1. The van der Waals surface area contributed by atoms with Crippen LogP contribution in [0.1, 0.15) is 16.8 Å². The number of carboxylic acid groups (broad SMARTS) is 1. The van der Waals surface area contributed by atoms with Crippen LogP contribution in [0.25, 0.3) is 0 Å². The van der Waals surface area contributed by atoms with E-state index in [1.807, 2.05) is 0 Å². The van der Waals surface area contributed by atoms with Gasteiger partial charge >= 0.3 is 5.97 Å². The molecule has 1 aromatic carbocycles. The topological polar surface area (TPSA) is 115 Å². The van der Waals surface area contributed by atoms with Crippen LogP contribution in [0.4, 0.5) is 0 Å². The van der Waals surface area contributed by atoms with Crippen LogP contribution in [0, 0.1) is 0 Å². The van der Waals surface area contributed by atoms with E-state index in [0.717, 1.165) is 6.07 Å². The van der Waals surface area contributed by atoms with Crippen molar-refractivity contribution >= 4 is 25.6 Å². The maximum absolute atomic E-state index is 12.4. The Bertz CT molecular complexity index is 778. The number of hydrogen-bond acceptors (Lipinski definition) is 6. The Morgan fingerprint density at radius 1 is 1.38 bits per heavy atom. The molecule has 0 radical (unpaired) electrons. The van der Waals surface area contributed by atoms with Crippen LogP contribution < -0.4 is 4.74 Å². The lowest BCUT2D eigenvalue weighted by Crippen LogP contribution is -2.23. The van der Waals surface area contributed by atoms with Gasteiger partial charge in [-0.2, -0.15) is 0 Å². The molecule has 0 spiro atoms. The van der Waals surface area contributed by atoms with E-state index in [-0.39, 0.29) is 28.4 Å². The summed E-state index contributed by atoms with van der Waals surface area (Å²) in [5.41, 5.74) is -0.278. The molecule has 2 rings (SSSR count). The van der Waals surface area contributed by atoms with Gasteiger partial charge in [0.1, 0.15) is 11.3 Å². The van der Waals surface area contributed by atoms with Crippen LogP contribution in [0.3, 0.4) is 0 Å². The Hall–Kier alpha value is -1.61. The Morgan fingerprint density at radius 2 is 2.05 bits per heavy atom. The van der Waals surface area contributed by atoms with Crippen molar-refractivity contribution in [1.82, 2.24) is 0 Å². The van der Waals surface area contributed by atoms with Crippen LogP contribution >= 0.6 is 0 Å². The predicted molar refractivity (Wildman–Crippen MR) is 74.2 cm³/mol. The van der Waals surface area contributed by atoms with Crippen LogP contribution in [0.5, 0.6) is 5.75 Å². The van der Waals surface area contributed by atoms with Gasteiger partial charge in [-0.25, -0.2) is 21.6 Å². The minimum absolute atomic E-state index is 0.0269. The fourth-order valence-electron chi connectivity index (χ4n) is 2.23. The summed E-state index contributed by atoms with van der Waals surface area (Å²) in [5.74, 6) is -1.87. The molecule has 1 heterocycles. The lowest BCUT2D eigenvalue weighted by Gasteiger charge is -2.12. The van der Waals surface area contributed by atoms with Crippen molar-refractivity contribution < 1.29 is 31.5 Å². The first-order chi connectivity index (χ1) is 9.67. The predicted octanol–water partition coefficient (Wildman–Crippen LogP) is 0.354. The molecule has 0 aliphatic carbocycles. The number of benzene rings is 1. The SMILES string of the molecule is COc1ccc(S(=O)(=O)C2CCS(=O)(=O)C2)cc1C(=O)O. The fraction of sp³-hybridized carbons (Fsp3) is 0.417. The molecule has 1 fully saturated rings. The van der Waals surface area contributed by atoms with Crippen LogP contribution in [-0.4, -0.2) is 51.8 Å². The maximum Gasteiger partial charge on any atom is 0.339 e. The molecular weight excluding hydrogens is 320 g/mol. The van der Waals surface area contributed by atoms with Gasteiger partial charge in [-0.15, -0.1) is 0 Å². The highest BCUT2D eigenvalue weighted by Crippen LogP contribution is 2.28. The number of hydrogen-bond donors (Lipinski definition) is 1. The molecule has 1 aliphatic heterocycles. The third-order valence-corrected chi connectivity index (χ3v) is 7.53. The Balaban J connectivity index is 2.46. The second-order valence-electron chi connectivity index (χ2n) is 4.74. The number of ether oxygens (including phenoxy) is 1. The van der Waals surface area contributed by atoms with Crippen molar-refractivity contribution in [1.29, 1.82) is 0 Å². The maximum atomic E-state index is 12.4. The van der Waals surface area contributed by atoms with Crippen molar-refractivity contribution in [3.8, 4) is 5.75 Å². The first kappa shape index (κ1) is 15.8. The zero-order valence-electron chi connectivity index (χ0n) is 11.1. The van der Waals surface area contributed by atoms with Gasteiger partial charge in [0.2, 0.25) is 0 Å². The molecule has 116 valence electrons. The van der Waals surface area contributed by atoms with Gasteiger partial charge < -0.3 is 9.84 Å². The third-order valence-electron chi connectivity index (χ3n) is 3.36. The lowest BCUT2D eigenvalue weighted by molar-refractivity contribution is 0.0693. The van der Waals surface area contributed by atoms with E-state index in [2.05, 4.69) is 0 Å². The minimum atomic E-state index is -3.89. The second kappa shape index (κ2) is 5.30. The number of carbonyl (C=O) groups is 1. The number of rotatable bonds is 4. The minimum Gasteiger partial charge on any atom is -0.496 e. The highest BCUT2D eigenvalue weighted by Gasteiger charge is 2.38. The first-order valence-electron chi connectivity index (χ1n) is 6.03. The summed E-state index contributed by atoms with van der Waals surface area (Å²) in [4.78, 5) is 10.9. The van der Waals surface area contributed by atoms with E-state index in [0.29, 0.717) is 0 Å². The third kappa shape index (κ3) is 3.03. The first-order valence-corrected chi connectivity index (χ1v) is 9.40. The molecule has 1 saturated heterocycles. The average Bonchev–Trinajstić information content (AvgIpc) is 2.78. The summed E-state index contributed by atoms with van der Waals surface area (Å²) in [6, 6.07) is 3.48. The molecule has 1 atom stereocenters. The monoisotopic (exact) mass is 334 g/mol. The normalized spacial score (nSPS) is 21.1.